The van der Waals surface area contributed by atoms with E-state index in [2.05, 4.69) is 101 Å². The highest BCUT2D eigenvalue weighted by molar-refractivity contribution is 7.19. The Morgan fingerprint density at radius 3 is 1.58 bits per heavy atom. The average molecular weight is 975 g/mol. The number of hydrogen-bond acceptors (Lipinski definition) is 12. The summed E-state index contributed by atoms with van der Waals surface area (Å²) in [7, 11) is 0. The Kier molecular flexibility index (Phi) is 10.8. The quantitative estimate of drug-likeness (QED) is 0.145. The van der Waals surface area contributed by atoms with Gasteiger partial charge in [0.05, 0.1) is 36.7 Å². The van der Waals surface area contributed by atoms with Crippen LogP contribution in [0.2, 0.25) is 0 Å². The molecule has 350 valence electrons. The summed E-state index contributed by atoms with van der Waals surface area (Å²) in [6.07, 6.45) is 9.60. The molecular weight excluding hydrogens is 925 g/mol. The summed E-state index contributed by atoms with van der Waals surface area (Å²) >= 11 is 4.13. The first-order valence-electron chi connectivity index (χ1n) is 23.6. The number of carbonyl (C=O) groups is 3. The van der Waals surface area contributed by atoms with Crippen molar-refractivity contribution in [3.63, 3.8) is 0 Å². The zero-order valence-corrected chi connectivity index (χ0v) is 41.4. The SMILES string of the molecule is Cc1ccc(C2CC(C3CCC(c4ccc(-c5ccc(C)c(C6CCCN6C(=O)c6nn7c(C)ncc7s6)c5)cc4)N(C(=O)c4nn5c(C)ncc5s4)C3)CN2C(=O)c2nn3c(C)ncc3s2)cc1. The van der Waals surface area contributed by atoms with Crippen LogP contribution in [0, 0.1) is 46.5 Å². The second-order valence-corrected chi connectivity index (χ2v) is 22.0. The third-order valence-electron chi connectivity index (χ3n) is 14.7. The Morgan fingerprint density at radius 2 is 1.01 bits per heavy atom. The topological polar surface area (TPSA) is 152 Å². The van der Waals surface area contributed by atoms with Gasteiger partial charge in [-0.2, -0.15) is 0 Å². The maximum atomic E-state index is 14.9. The third kappa shape index (κ3) is 7.63. The number of aryl methyl sites for hydroxylation is 5. The molecule has 18 heteroatoms. The highest BCUT2D eigenvalue weighted by Crippen LogP contribution is 2.46. The molecule has 0 spiro atoms. The molecule has 0 aliphatic carbocycles. The molecule has 3 saturated heterocycles. The Labute approximate surface area is 410 Å². The van der Waals surface area contributed by atoms with Gasteiger partial charge in [0.25, 0.3) is 17.7 Å². The molecule has 15 nitrogen and oxygen atoms in total. The van der Waals surface area contributed by atoms with Gasteiger partial charge in [-0.15, -0.1) is 15.3 Å². The number of likely N-dealkylation sites (tertiary alicyclic amines) is 3. The Bertz CT molecular complexity index is 3450. The van der Waals surface area contributed by atoms with Crippen molar-refractivity contribution in [3.05, 3.63) is 146 Å². The molecule has 12 rings (SSSR count). The highest BCUT2D eigenvalue weighted by atomic mass is 32.1. The van der Waals surface area contributed by atoms with Crippen LogP contribution in [0.3, 0.4) is 0 Å². The number of hydrogen-bond donors (Lipinski definition) is 0. The zero-order chi connectivity index (χ0) is 47.2. The molecule has 3 aliphatic heterocycles. The van der Waals surface area contributed by atoms with Crippen LogP contribution in [-0.2, 0) is 0 Å². The summed E-state index contributed by atoms with van der Waals surface area (Å²) in [5.74, 6) is 2.37. The average Bonchev–Trinajstić information content (AvgIpc) is 4.24. The van der Waals surface area contributed by atoms with Crippen molar-refractivity contribution in [2.45, 2.75) is 84.8 Å². The van der Waals surface area contributed by atoms with E-state index in [9.17, 15) is 14.4 Å². The number of nitrogens with zero attached hydrogens (tertiary/aromatic N) is 12. The number of piperidine rings is 1. The van der Waals surface area contributed by atoms with Crippen LogP contribution in [0.1, 0.15) is 125 Å². The normalized spacial score (nSPS) is 20.9. The van der Waals surface area contributed by atoms with Crippen molar-refractivity contribution >= 4 is 66.2 Å². The predicted octanol–water partition coefficient (Wildman–Crippen LogP) is 9.68. The van der Waals surface area contributed by atoms with E-state index >= 15 is 0 Å². The highest BCUT2D eigenvalue weighted by Gasteiger charge is 2.45. The summed E-state index contributed by atoms with van der Waals surface area (Å²) in [4.78, 5) is 65.1. The minimum absolute atomic E-state index is 0.0388. The summed E-state index contributed by atoms with van der Waals surface area (Å²) in [5.41, 5.74) is 7.80. The summed E-state index contributed by atoms with van der Waals surface area (Å²) in [5, 5.41) is 15.5. The second kappa shape index (κ2) is 17.1. The van der Waals surface area contributed by atoms with Gasteiger partial charge < -0.3 is 14.7 Å². The first kappa shape index (κ1) is 43.6. The number of fused-ring (bicyclic) bond motifs is 3. The lowest BCUT2D eigenvalue weighted by molar-refractivity contribution is 0.0455. The maximum absolute atomic E-state index is 14.9. The predicted molar refractivity (Wildman–Crippen MR) is 266 cm³/mol. The van der Waals surface area contributed by atoms with E-state index < -0.39 is 0 Å². The molecule has 0 bridgehead atoms. The van der Waals surface area contributed by atoms with Crippen molar-refractivity contribution in [1.29, 1.82) is 0 Å². The van der Waals surface area contributed by atoms with E-state index in [1.807, 2.05) is 35.5 Å². The monoisotopic (exact) mass is 974 g/mol. The fourth-order valence-corrected chi connectivity index (χ4v) is 13.7. The molecule has 3 amide bonds. The summed E-state index contributed by atoms with van der Waals surface area (Å²) in [6, 6.07) is 23.4. The zero-order valence-electron chi connectivity index (χ0n) is 38.9. The molecule has 3 fully saturated rings. The molecule has 5 unspecified atom stereocenters. The lowest BCUT2D eigenvalue weighted by Crippen LogP contribution is -2.44. The molecule has 0 N–H and O–H groups in total. The molecule has 0 radical (unpaired) electrons. The second-order valence-electron chi connectivity index (χ2n) is 18.9. The van der Waals surface area contributed by atoms with Crippen molar-refractivity contribution in [2.75, 3.05) is 19.6 Å². The molecular formula is C51H50N12O3S3. The van der Waals surface area contributed by atoms with Gasteiger partial charge in [0.15, 0.2) is 0 Å². The van der Waals surface area contributed by atoms with E-state index in [1.165, 1.54) is 39.6 Å². The van der Waals surface area contributed by atoms with Gasteiger partial charge in [-0.3, -0.25) is 14.4 Å². The number of benzene rings is 3. The van der Waals surface area contributed by atoms with Crippen molar-refractivity contribution < 1.29 is 14.4 Å². The Hall–Kier alpha value is -6.63. The Balaban J connectivity index is 0.823. The Morgan fingerprint density at radius 1 is 0.522 bits per heavy atom. The first-order valence-corrected chi connectivity index (χ1v) is 26.0. The van der Waals surface area contributed by atoms with Gasteiger partial charge in [-0.1, -0.05) is 100 Å². The minimum atomic E-state index is -0.169. The standard InChI is InChI=1S/C51H50N12O3S3/c1-28-8-11-35(12-9-28)42-22-38(27-60(42)51(66)48-57-63-32(5)54-25-45(63)69-48)37-18-19-40(59(26-37)50(65)47-56-62-31(4)53-24-44(62)68-47)34-16-14-33(15-17-34)36-13-10-29(2)39(21-36)41-7-6-20-58(41)49(64)46-55-61-30(3)52-23-43(61)67-46/h8-17,21,23-25,37-38,40-42H,6-7,18-20,22,26-27H2,1-5H3. The molecule has 0 saturated carbocycles. The van der Waals surface area contributed by atoms with Gasteiger partial charge in [0, 0.05) is 19.6 Å². The van der Waals surface area contributed by atoms with Crippen molar-refractivity contribution in [1.82, 2.24) is 58.5 Å². The lowest BCUT2D eigenvalue weighted by atomic mass is 9.79. The van der Waals surface area contributed by atoms with Crippen LogP contribution in [0.5, 0.6) is 0 Å². The van der Waals surface area contributed by atoms with Crippen LogP contribution < -0.4 is 0 Å². The van der Waals surface area contributed by atoms with Gasteiger partial charge in [0.1, 0.15) is 32.0 Å². The van der Waals surface area contributed by atoms with Gasteiger partial charge in [-0.25, -0.2) is 28.5 Å². The lowest BCUT2D eigenvalue weighted by Gasteiger charge is -2.41. The van der Waals surface area contributed by atoms with E-state index in [0.29, 0.717) is 34.7 Å². The van der Waals surface area contributed by atoms with Gasteiger partial charge >= 0.3 is 0 Å². The van der Waals surface area contributed by atoms with E-state index in [1.54, 1.807) is 32.1 Å². The van der Waals surface area contributed by atoms with Crippen molar-refractivity contribution in [2.24, 2.45) is 11.8 Å². The van der Waals surface area contributed by atoms with Crippen molar-refractivity contribution in [3.8, 4) is 11.1 Å². The fraction of sp³-hybridized carbons (Fsp3) is 0.353. The summed E-state index contributed by atoms with van der Waals surface area (Å²) in [6.45, 7) is 11.7. The molecule has 9 heterocycles. The number of imidazole rings is 3. The van der Waals surface area contributed by atoms with E-state index in [-0.39, 0.29) is 47.7 Å². The largest absolute Gasteiger partial charge is 0.329 e. The molecule has 69 heavy (non-hydrogen) atoms. The van der Waals surface area contributed by atoms with Crippen LogP contribution in [0.15, 0.2) is 85.3 Å². The van der Waals surface area contributed by atoms with Crippen LogP contribution in [0.4, 0.5) is 0 Å². The molecule has 5 atom stereocenters. The number of aromatic nitrogens is 9. The maximum Gasteiger partial charge on any atom is 0.285 e. The smallest absolute Gasteiger partial charge is 0.285 e. The third-order valence-corrected chi connectivity index (χ3v) is 17.6. The summed E-state index contributed by atoms with van der Waals surface area (Å²) < 4.78 is 5.25. The minimum Gasteiger partial charge on any atom is -0.329 e. The molecule has 6 aromatic heterocycles. The molecule has 3 aliphatic rings. The molecule has 3 aromatic carbocycles. The first-order chi connectivity index (χ1) is 33.4. The van der Waals surface area contributed by atoms with E-state index in [0.717, 1.165) is 97.4 Å². The van der Waals surface area contributed by atoms with Gasteiger partial charge in [-0.05, 0) is 118 Å². The molecule has 9 aromatic rings. The van der Waals surface area contributed by atoms with E-state index in [4.69, 9.17) is 10.2 Å². The van der Waals surface area contributed by atoms with Crippen LogP contribution >= 0.6 is 34.0 Å². The van der Waals surface area contributed by atoms with Gasteiger partial charge in [0.2, 0.25) is 15.0 Å². The number of rotatable bonds is 8. The van der Waals surface area contributed by atoms with Crippen LogP contribution in [-0.4, -0.2) is 95.8 Å². The number of carbonyl (C=O) groups excluding carboxylic acids is 3. The fourth-order valence-electron chi connectivity index (χ4n) is 11.0. The number of amides is 3. The van der Waals surface area contributed by atoms with Crippen LogP contribution in [0.25, 0.3) is 25.6 Å².